The highest BCUT2D eigenvalue weighted by Gasteiger charge is 2.38. The van der Waals surface area contributed by atoms with E-state index in [4.69, 9.17) is 4.74 Å². The number of ether oxygens (including phenoxy) is 1. The topological polar surface area (TPSA) is 45.7 Å². The lowest BCUT2D eigenvalue weighted by atomic mass is 9.86. The second kappa shape index (κ2) is 8.56. The summed E-state index contributed by atoms with van der Waals surface area (Å²) in [5.74, 6) is 3.99. The molecule has 1 heterocycles. The molecule has 2 N–H and O–H groups in total. The van der Waals surface area contributed by atoms with Crippen LogP contribution in [0.2, 0.25) is 0 Å². The lowest BCUT2D eigenvalue weighted by molar-refractivity contribution is 0.114. The van der Waals surface area contributed by atoms with Crippen molar-refractivity contribution in [2.24, 2.45) is 22.7 Å². The summed E-state index contributed by atoms with van der Waals surface area (Å²) in [6.07, 6.45) is 10.0. The highest BCUT2D eigenvalue weighted by Crippen LogP contribution is 2.49. The Morgan fingerprint density at radius 1 is 1.19 bits per heavy atom. The van der Waals surface area contributed by atoms with Crippen LogP contribution < -0.4 is 10.6 Å². The van der Waals surface area contributed by atoms with Crippen LogP contribution in [0.25, 0.3) is 0 Å². The van der Waals surface area contributed by atoms with E-state index in [2.05, 4.69) is 15.6 Å². The first kappa shape index (κ1) is 17.3. The Bertz CT molecular complexity index is 344. The maximum Gasteiger partial charge on any atom is 0.191 e. The predicted octanol–water partition coefficient (Wildman–Crippen LogP) is 2.77. The van der Waals surface area contributed by atoms with Crippen LogP contribution in [0.3, 0.4) is 0 Å². The molecule has 2 bridgehead atoms. The van der Waals surface area contributed by atoms with Crippen LogP contribution in [-0.2, 0) is 4.74 Å². The maximum absolute atomic E-state index is 5.62. The first-order valence-electron chi connectivity index (χ1n) is 8.41. The summed E-state index contributed by atoms with van der Waals surface area (Å²) in [6.45, 7) is 2.86. The van der Waals surface area contributed by atoms with Crippen molar-refractivity contribution in [1.82, 2.24) is 10.6 Å². The van der Waals surface area contributed by atoms with Crippen LogP contribution in [0.4, 0.5) is 0 Å². The molecule has 3 fully saturated rings. The quantitative estimate of drug-likeness (QED) is 0.419. The Morgan fingerprint density at radius 2 is 2.10 bits per heavy atom. The molecule has 1 aliphatic heterocycles. The molecule has 2 saturated carbocycles. The molecule has 4 unspecified atom stereocenters. The third-order valence-electron chi connectivity index (χ3n) is 5.44. The van der Waals surface area contributed by atoms with Crippen LogP contribution in [-0.4, -0.2) is 38.8 Å². The van der Waals surface area contributed by atoms with Crippen LogP contribution >= 0.6 is 24.0 Å². The van der Waals surface area contributed by atoms with E-state index in [-0.39, 0.29) is 24.0 Å². The summed E-state index contributed by atoms with van der Waals surface area (Å²) in [5.41, 5.74) is 0. The van der Waals surface area contributed by atoms with E-state index < -0.39 is 0 Å². The van der Waals surface area contributed by atoms with Gasteiger partial charge < -0.3 is 15.4 Å². The number of halogens is 1. The van der Waals surface area contributed by atoms with Crippen LogP contribution in [0.15, 0.2) is 4.99 Å². The van der Waals surface area contributed by atoms with Crippen LogP contribution in [0.1, 0.15) is 44.9 Å². The number of aliphatic imine (C=N–C) groups is 1. The van der Waals surface area contributed by atoms with Crippen molar-refractivity contribution in [3.8, 4) is 0 Å². The van der Waals surface area contributed by atoms with Gasteiger partial charge in [0, 0.05) is 26.7 Å². The zero-order valence-electron chi connectivity index (χ0n) is 13.1. The average Bonchev–Trinajstić information content (AvgIpc) is 3.19. The SMILES string of the molecule is CN=C(NCCC1CC2CCC1C2)NCC1CCCO1.I. The minimum Gasteiger partial charge on any atom is -0.376 e. The lowest BCUT2D eigenvalue weighted by Crippen LogP contribution is -2.41. The highest BCUT2D eigenvalue weighted by molar-refractivity contribution is 14.0. The lowest BCUT2D eigenvalue weighted by Gasteiger charge is -2.22. The molecule has 0 amide bonds. The molecule has 0 aromatic rings. The molecular formula is C16H30IN3O. The molecular weight excluding hydrogens is 377 g/mol. The van der Waals surface area contributed by atoms with Gasteiger partial charge in [0.1, 0.15) is 0 Å². The Hall–Kier alpha value is -0.0400. The molecule has 2 aliphatic carbocycles. The number of nitrogens with one attached hydrogen (secondary N) is 2. The third-order valence-corrected chi connectivity index (χ3v) is 5.44. The summed E-state index contributed by atoms with van der Waals surface area (Å²) in [5, 5.41) is 6.85. The number of guanidine groups is 1. The molecule has 1 saturated heterocycles. The van der Waals surface area contributed by atoms with Crippen molar-refractivity contribution in [3.05, 3.63) is 0 Å². The van der Waals surface area contributed by atoms with Gasteiger partial charge >= 0.3 is 0 Å². The summed E-state index contributed by atoms with van der Waals surface area (Å²) >= 11 is 0. The highest BCUT2D eigenvalue weighted by atomic mass is 127. The maximum atomic E-state index is 5.62. The number of hydrogen-bond donors (Lipinski definition) is 2. The van der Waals surface area contributed by atoms with Crippen molar-refractivity contribution in [2.75, 3.05) is 26.7 Å². The van der Waals surface area contributed by atoms with E-state index in [1.807, 2.05) is 7.05 Å². The minimum absolute atomic E-state index is 0. The molecule has 0 aromatic carbocycles. The summed E-state index contributed by atoms with van der Waals surface area (Å²) in [6, 6.07) is 0. The average molecular weight is 407 g/mol. The fourth-order valence-corrected chi connectivity index (χ4v) is 4.34. The van der Waals surface area contributed by atoms with Crippen LogP contribution in [0.5, 0.6) is 0 Å². The van der Waals surface area contributed by atoms with Gasteiger partial charge in [-0.1, -0.05) is 6.42 Å². The van der Waals surface area contributed by atoms with Gasteiger partial charge in [0.05, 0.1) is 6.10 Å². The molecule has 122 valence electrons. The Kier molecular flexibility index (Phi) is 7.05. The fraction of sp³-hybridized carbons (Fsp3) is 0.938. The van der Waals surface area contributed by atoms with E-state index in [1.165, 1.54) is 44.9 Å². The van der Waals surface area contributed by atoms with Crippen molar-refractivity contribution in [1.29, 1.82) is 0 Å². The van der Waals surface area contributed by atoms with E-state index in [0.29, 0.717) is 6.10 Å². The van der Waals surface area contributed by atoms with Gasteiger partial charge in [-0.3, -0.25) is 4.99 Å². The van der Waals surface area contributed by atoms with Gasteiger partial charge in [0.2, 0.25) is 0 Å². The van der Waals surface area contributed by atoms with Crippen molar-refractivity contribution in [2.45, 2.75) is 51.0 Å². The van der Waals surface area contributed by atoms with Gasteiger partial charge in [0.25, 0.3) is 0 Å². The summed E-state index contributed by atoms with van der Waals surface area (Å²) in [4.78, 5) is 4.30. The smallest absolute Gasteiger partial charge is 0.191 e. The largest absolute Gasteiger partial charge is 0.376 e. The molecule has 0 aromatic heterocycles. The molecule has 21 heavy (non-hydrogen) atoms. The minimum atomic E-state index is 0. The van der Waals surface area contributed by atoms with E-state index >= 15 is 0 Å². The monoisotopic (exact) mass is 407 g/mol. The second-order valence-electron chi connectivity index (χ2n) is 6.74. The van der Waals surface area contributed by atoms with E-state index in [9.17, 15) is 0 Å². The molecule has 0 spiro atoms. The zero-order chi connectivity index (χ0) is 13.8. The van der Waals surface area contributed by atoms with Gasteiger partial charge in [-0.15, -0.1) is 24.0 Å². The standard InChI is InChI=1S/C16H29N3O.HI/c1-17-16(19-11-15-3-2-8-20-15)18-7-6-14-10-12-4-5-13(14)9-12;/h12-15H,2-11H2,1H3,(H2,17,18,19);1H. The Labute approximate surface area is 145 Å². The predicted molar refractivity (Wildman–Crippen MR) is 97.3 cm³/mol. The molecule has 3 rings (SSSR count). The summed E-state index contributed by atoms with van der Waals surface area (Å²) in [7, 11) is 1.85. The molecule has 0 radical (unpaired) electrons. The number of hydrogen-bond acceptors (Lipinski definition) is 2. The number of rotatable bonds is 5. The first-order valence-corrected chi connectivity index (χ1v) is 8.41. The van der Waals surface area contributed by atoms with Crippen molar-refractivity contribution in [3.63, 3.8) is 0 Å². The normalized spacial score (nSPS) is 34.8. The zero-order valence-corrected chi connectivity index (χ0v) is 15.5. The van der Waals surface area contributed by atoms with E-state index in [0.717, 1.165) is 43.4 Å². The summed E-state index contributed by atoms with van der Waals surface area (Å²) < 4.78 is 5.62. The van der Waals surface area contributed by atoms with Crippen LogP contribution in [0, 0.1) is 17.8 Å². The Balaban J connectivity index is 0.00000161. The Morgan fingerprint density at radius 3 is 2.71 bits per heavy atom. The fourth-order valence-electron chi connectivity index (χ4n) is 4.34. The van der Waals surface area contributed by atoms with Gasteiger partial charge in [-0.2, -0.15) is 0 Å². The van der Waals surface area contributed by atoms with Gasteiger partial charge in [0.15, 0.2) is 5.96 Å². The van der Waals surface area contributed by atoms with Gasteiger partial charge in [-0.05, 0) is 56.3 Å². The van der Waals surface area contributed by atoms with Crippen molar-refractivity contribution >= 4 is 29.9 Å². The molecule has 5 heteroatoms. The van der Waals surface area contributed by atoms with Gasteiger partial charge in [-0.25, -0.2) is 0 Å². The molecule has 4 atom stereocenters. The first-order chi connectivity index (χ1) is 9.85. The number of nitrogens with zero attached hydrogens (tertiary/aromatic N) is 1. The number of fused-ring (bicyclic) bond motifs is 2. The van der Waals surface area contributed by atoms with Crippen molar-refractivity contribution < 1.29 is 4.74 Å². The molecule has 4 nitrogen and oxygen atoms in total. The second-order valence-corrected chi connectivity index (χ2v) is 6.74. The molecule has 3 aliphatic rings. The third kappa shape index (κ3) is 4.71. The van der Waals surface area contributed by atoms with E-state index in [1.54, 1.807) is 0 Å².